The van der Waals surface area contributed by atoms with Crippen LogP contribution in [0.25, 0.3) is 0 Å². The molecule has 21 heavy (non-hydrogen) atoms. The smallest absolute Gasteiger partial charge is 0.329 e. The van der Waals surface area contributed by atoms with E-state index >= 15 is 0 Å². The van der Waals surface area contributed by atoms with Gasteiger partial charge >= 0.3 is 11.8 Å². The maximum Gasteiger partial charge on any atom is 0.329 e. The molecule has 108 valence electrons. The summed E-state index contributed by atoms with van der Waals surface area (Å²) in [5.74, 6) is -1.27. The van der Waals surface area contributed by atoms with Gasteiger partial charge in [-0.15, -0.1) is 0 Å². The van der Waals surface area contributed by atoms with E-state index in [0.717, 1.165) is 0 Å². The largest absolute Gasteiger partial charge is 0.463 e. The highest BCUT2D eigenvalue weighted by Crippen LogP contribution is 2.22. The summed E-state index contributed by atoms with van der Waals surface area (Å²) >= 11 is 5.93. The minimum Gasteiger partial charge on any atom is -0.463 e. The second-order valence-electron chi connectivity index (χ2n) is 4.08. The van der Waals surface area contributed by atoms with Crippen molar-refractivity contribution in [3.63, 3.8) is 0 Å². The zero-order valence-corrected chi connectivity index (χ0v) is 11.8. The second kappa shape index (κ2) is 6.71. The van der Waals surface area contributed by atoms with Gasteiger partial charge in [0.2, 0.25) is 0 Å². The van der Waals surface area contributed by atoms with Crippen molar-refractivity contribution in [1.29, 1.82) is 0 Å². The number of carbonyl (C=O) groups is 2. The summed E-state index contributed by atoms with van der Waals surface area (Å²) in [5.41, 5.74) is 3.25. The average molecular weight is 306 g/mol. The highest BCUT2D eigenvalue weighted by molar-refractivity contribution is 6.40. The van der Waals surface area contributed by atoms with Crippen LogP contribution in [-0.2, 0) is 9.59 Å². The molecule has 2 rings (SSSR count). The predicted octanol–water partition coefficient (Wildman–Crippen LogP) is 2.33. The van der Waals surface area contributed by atoms with Gasteiger partial charge in [0.15, 0.2) is 0 Å². The highest BCUT2D eigenvalue weighted by atomic mass is 35.5. The number of benzene rings is 1. The molecule has 0 aliphatic heterocycles. The molecule has 0 spiro atoms. The Morgan fingerprint density at radius 1 is 1.24 bits per heavy atom. The van der Waals surface area contributed by atoms with Crippen LogP contribution >= 0.6 is 11.6 Å². The van der Waals surface area contributed by atoms with Gasteiger partial charge in [-0.05, 0) is 36.8 Å². The van der Waals surface area contributed by atoms with E-state index in [2.05, 4.69) is 15.8 Å². The van der Waals surface area contributed by atoms with Gasteiger partial charge in [-0.2, -0.15) is 5.10 Å². The lowest BCUT2D eigenvalue weighted by Gasteiger charge is -2.08. The number of hydrazone groups is 1. The maximum atomic E-state index is 11.7. The van der Waals surface area contributed by atoms with Crippen LogP contribution in [0.4, 0.5) is 5.69 Å². The number of halogens is 1. The van der Waals surface area contributed by atoms with Gasteiger partial charge in [0, 0.05) is 10.7 Å². The minimum absolute atomic E-state index is 0.460. The van der Waals surface area contributed by atoms with E-state index in [-0.39, 0.29) is 0 Å². The summed E-state index contributed by atoms with van der Waals surface area (Å²) in [6.45, 7) is 1.74. The molecule has 0 aliphatic carbocycles. The number of hydrogen-bond donors (Lipinski definition) is 2. The zero-order chi connectivity index (χ0) is 15.2. The first kappa shape index (κ1) is 14.8. The Morgan fingerprint density at radius 3 is 2.76 bits per heavy atom. The van der Waals surface area contributed by atoms with Crippen molar-refractivity contribution in [2.24, 2.45) is 5.10 Å². The molecule has 0 unspecified atom stereocenters. The van der Waals surface area contributed by atoms with Crippen LogP contribution in [0.1, 0.15) is 11.3 Å². The molecule has 0 aliphatic rings. The highest BCUT2D eigenvalue weighted by Gasteiger charge is 2.14. The van der Waals surface area contributed by atoms with Gasteiger partial charge in [0.25, 0.3) is 0 Å². The lowest BCUT2D eigenvalue weighted by Crippen LogP contribution is -2.32. The van der Waals surface area contributed by atoms with Crippen molar-refractivity contribution >= 4 is 35.3 Å². The van der Waals surface area contributed by atoms with Gasteiger partial charge < -0.3 is 9.73 Å². The van der Waals surface area contributed by atoms with E-state index in [0.29, 0.717) is 22.0 Å². The summed E-state index contributed by atoms with van der Waals surface area (Å²) in [5, 5.41) is 6.58. The minimum atomic E-state index is -0.891. The Balaban J connectivity index is 1.94. The van der Waals surface area contributed by atoms with Crippen molar-refractivity contribution in [2.45, 2.75) is 6.92 Å². The van der Waals surface area contributed by atoms with E-state index in [1.54, 1.807) is 37.3 Å². The Hall–Kier alpha value is -2.60. The number of furan rings is 1. The Kier molecular flexibility index (Phi) is 4.73. The summed E-state index contributed by atoms with van der Waals surface area (Å²) in [7, 11) is 0. The molecule has 0 saturated carbocycles. The molecule has 0 saturated heterocycles. The van der Waals surface area contributed by atoms with Crippen molar-refractivity contribution in [1.82, 2.24) is 5.43 Å². The van der Waals surface area contributed by atoms with Crippen LogP contribution in [0.15, 0.2) is 46.1 Å². The lowest BCUT2D eigenvalue weighted by atomic mass is 10.2. The van der Waals surface area contributed by atoms with Gasteiger partial charge in [-0.25, -0.2) is 5.43 Å². The second-order valence-corrected chi connectivity index (χ2v) is 4.49. The van der Waals surface area contributed by atoms with E-state index in [1.807, 2.05) is 0 Å². The van der Waals surface area contributed by atoms with Crippen LogP contribution in [0.5, 0.6) is 0 Å². The topological polar surface area (TPSA) is 83.7 Å². The average Bonchev–Trinajstić information content (AvgIpc) is 2.97. The molecular weight excluding hydrogens is 294 g/mol. The Bertz CT molecular complexity index is 681. The third-order valence-corrected chi connectivity index (χ3v) is 3.03. The normalized spacial score (nSPS) is 10.6. The standard InChI is InChI=1S/C14H12ClN3O3/c1-9-11(15)5-2-6-12(9)17-13(19)14(20)18-16-8-10-4-3-7-21-10/h2-8H,1H3,(H,17,19)(H,18,20). The summed E-state index contributed by atoms with van der Waals surface area (Å²) < 4.78 is 4.98. The molecule has 2 N–H and O–H groups in total. The number of amides is 2. The van der Waals surface area contributed by atoms with Crippen molar-refractivity contribution in [3.05, 3.63) is 52.9 Å². The quantitative estimate of drug-likeness (QED) is 0.518. The number of rotatable bonds is 3. The molecule has 1 aromatic heterocycles. The molecule has 2 aromatic rings. The fourth-order valence-corrected chi connectivity index (χ4v) is 1.67. The van der Waals surface area contributed by atoms with Gasteiger partial charge in [0.05, 0.1) is 12.5 Å². The Morgan fingerprint density at radius 2 is 2.05 bits per heavy atom. The first-order valence-electron chi connectivity index (χ1n) is 6.01. The van der Waals surface area contributed by atoms with Crippen LogP contribution in [0, 0.1) is 6.92 Å². The van der Waals surface area contributed by atoms with Crippen molar-refractivity contribution in [2.75, 3.05) is 5.32 Å². The summed E-state index contributed by atoms with van der Waals surface area (Å²) in [6, 6.07) is 8.36. The number of nitrogens with one attached hydrogen (secondary N) is 2. The van der Waals surface area contributed by atoms with E-state index in [4.69, 9.17) is 16.0 Å². The van der Waals surface area contributed by atoms with Crippen LogP contribution < -0.4 is 10.7 Å². The Labute approximate surface area is 125 Å². The third kappa shape index (κ3) is 3.93. The lowest BCUT2D eigenvalue weighted by molar-refractivity contribution is -0.136. The van der Waals surface area contributed by atoms with E-state index in [9.17, 15) is 9.59 Å². The zero-order valence-electron chi connectivity index (χ0n) is 11.1. The molecule has 7 heteroatoms. The molecule has 0 atom stereocenters. The van der Waals surface area contributed by atoms with E-state index in [1.165, 1.54) is 12.5 Å². The van der Waals surface area contributed by atoms with E-state index < -0.39 is 11.8 Å². The van der Waals surface area contributed by atoms with Crippen molar-refractivity contribution < 1.29 is 14.0 Å². The summed E-state index contributed by atoms with van der Waals surface area (Å²) in [6.07, 6.45) is 2.76. The molecule has 6 nitrogen and oxygen atoms in total. The van der Waals surface area contributed by atoms with Gasteiger partial charge in [-0.3, -0.25) is 9.59 Å². The third-order valence-electron chi connectivity index (χ3n) is 2.62. The molecular formula is C14H12ClN3O3. The number of anilines is 1. The molecule has 1 aromatic carbocycles. The van der Waals surface area contributed by atoms with Gasteiger partial charge in [0.1, 0.15) is 5.76 Å². The summed E-state index contributed by atoms with van der Waals surface area (Å²) in [4.78, 5) is 23.3. The maximum absolute atomic E-state index is 11.7. The molecule has 0 fully saturated rings. The van der Waals surface area contributed by atoms with Crippen molar-refractivity contribution in [3.8, 4) is 0 Å². The predicted molar refractivity (Wildman–Crippen MR) is 79.3 cm³/mol. The number of nitrogens with zero attached hydrogens (tertiary/aromatic N) is 1. The molecule has 1 heterocycles. The fourth-order valence-electron chi connectivity index (χ4n) is 1.49. The number of carbonyl (C=O) groups excluding carboxylic acids is 2. The number of hydrogen-bond acceptors (Lipinski definition) is 4. The molecule has 0 radical (unpaired) electrons. The molecule has 2 amide bonds. The molecule has 0 bridgehead atoms. The first-order valence-corrected chi connectivity index (χ1v) is 6.38. The van der Waals surface area contributed by atoms with Crippen LogP contribution in [-0.4, -0.2) is 18.0 Å². The first-order chi connectivity index (χ1) is 10.1. The van der Waals surface area contributed by atoms with Crippen LogP contribution in [0.2, 0.25) is 5.02 Å². The van der Waals surface area contributed by atoms with Crippen LogP contribution in [0.3, 0.4) is 0 Å². The van der Waals surface area contributed by atoms with Gasteiger partial charge in [-0.1, -0.05) is 17.7 Å². The SMILES string of the molecule is Cc1c(Cl)cccc1NC(=O)C(=O)NN=Cc1ccco1. The monoisotopic (exact) mass is 305 g/mol. The fraction of sp³-hybridized carbons (Fsp3) is 0.0714.